The molecule has 2 aromatic rings. The molecule has 7 heteroatoms. The first kappa shape index (κ1) is 17.8. The zero-order valence-electron chi connectivity index (χ0n) is 14.6. The molecule has 1 N–H and O–H groups in total. The number of hydrogen-bond acceptors (Lipinski definition) is 5. The fourth-order valence-corrected chi connectivity index (χ4v) is 2.00. The van der Waals surface area contributed by atoms with Crippen LogP contribution in [0.25, 0.3) is 0 Å². The summed E-state index contributed by atoms with van der Waals surface area (Å²) in [5, 5.41) is 6.67. The van der Waals surface area contributed by atoms with E-state index in [9.17, 15) is 4.79 Å². The van der Waals surface area contributed by atoms with Crippen molar-refractivity contribution in [2.75, 3.05) is 26.7 Å². The molecule has 0 unspecified atom stereocenters. The lowest BCUT2D eigenvalue weighted by Gasteiger charge is -2.23. The normalized spacial score (nSPS) is 11.2. The topological polar surface area (TPSA) is 80.5 Å². The first-order chi connectivity index (χ1) is 11.4. The van der Waals surface area contributed by atoms with Crippen LogP contribution in [0, 0.1) is 6.92 Å². The molecule has 2 rings (SSSR count). The van der Waals surface area contributed by atoms with Crippen molar-refractivity contribution in [2.24, 2.45) is 0 Å². The molecule has 0 aliphatic heterocycles. The van der Waals surface area contributed by atoms with Crippen molar-refractivity contribution in [2.45, 2.75) is 26.2 Å². The third-order valence-corrected chi connectivity index (χ3v) is 3.57. The van der Waals surface area contributed by atoms with Crippen LogP contribution in [0.2, 0.25) is 0 Å². The molecule has 1 heterocycles. The Balaban J connectivity index is 1.75. The minimum atomic E-state index is -0.432. The Kier molecular flexibility index (Phi) is 5.78. The van der Waals surface area contributed by atoms with Gasteiger partial charge in [0.1, 0.15) is 12.4 Å². The Labute approximate surface area is 142 Å². The first-order valence-corrected chi connectivity index (χ1v) is 7.86. The highest BCUT2D eigenvalue weighted by Crippen LogP contribution is 2.20. The van der Waals surface area contributed by atoms with E-state index in [-0.39, 0.29) is 6.03 Å². The van der Waals surface area contributed by atoms with Crippen LogP contribution < -0.4 is 10.1 Å². The predicted molar refractivity (Wildman–Crippen MR) is 90.0 cm³/mol. The molecule has 0 fully saturated rings. The number of carbonyl (C=O) groups is 1. The number of amides is 2. The molecular weight excluding hydrogens is 308 g/mol. The van der Waals surface area contributed by atoms with E-state index in [1.54, 1.807) is 18.9 Å². The van der Waals surface area contributed by atoms with Crippen molar-refractivity contribution in [1.82, 2.24) is 20.4 Å². The number of carbonyl (C=O) groups excluding carboxylic acids is 1. The van der Waals surface area contributed by atoms with Crippen LogP contribution in [-0.4, -0.2) is 47.8 Å². The maximum Gasteiger partial charge on any atom is 0.317 e. The van der Waals surface area contributed by atoms with Crippen LogP contribution in [0.5, 0.6) is 5.75 Å². The minimum Gasteiger partial charge on any atom is -0.492 e. The summed E-state index contributed by atoms with van der Waals surface area (Å²) in [5.41, 5.74) is -0.432. The first-order valence-electron chi connectivity index (χ1n) is 7.86. The number of urea groups is 1. The van der Waals surface area contributed by atoms with Crippen molar-refractivity contribution < 1.29 is 14.1 Å². The lowest BCUT2D eigenvalue weighted by molar-refractivity contribution is 0.191. The highest BCUT2D eigenvalue weighted by molar-refractivity contribution is 5.73. The van der Waals surface area contributed by atoms with E-state index in [1.807, 2.05) is 44.2 Å². The van der Waals surface area contributed by atoms with Crippen molar-refractivity contribution in [3.8, 4) is 5.75 Å². The number of aryl methyl sites for hydroxylation is 1. The lowest BCUT2D eigenvalue weighted by Crippen LogP contribution is -2.44. The second-order valence-corrected chi connectivity index (χ2v) is 6.27. The number of hydrogen-bond donors (Lipinski definition) is 1. The molecule has 24 heavy (non-hydrogen) atoms. The SMILES string of the molecule is Cc1noc(C(C)(C)CNC(=O)N(C)CCOc2ccccc2)n1. The van der Waals surface area contributed by atoms with Gasteiger partial charge in [0.15, 0.2) is 5.82 Å². The van der Waals surface area contributed by atoms with E-state index in [0.29, 0.717) is 31.4 Å². The zero-order chi connectivity index (χ0) is 17.6. The Morgan fingerprint density at radius 2 is 2.04 bits per heavy atom. The van der Waals surface area contributed by atoms with Gasteiger partial charge in [0.25, 0.3) is 0 Å². The number of nitrogens with zero attached hydrogens (tertiary/aromatic N) is 3. The zero-order valence-corrected chi connectivity index (χ0v) is 14.6. The lowest BCUT2D eigenvalue weighted by atomic mass is 9.93. The smallest absolute Gasteiger partial charge is 0.317 e. The van der Waals surface area contributed by atoms with E-state index < -0.39 is 5.41 Å². The average molecular weight is 332 g/mol. The van der Waals surface area contributed by atoms with Crippen LogP contribution in [-0.2, 0) is 5.41 Å². The molecule has 0 atom stereocenters. The molecule has 1 aromatic carbocycles. The number of aromatic nitrogens is 2. The molecule has 130 valence electrons. The second-order valence-electron chi connectivity index (χ2n) is 6.27. The summed E-state index contributed by atoms with van der Waals surface area (Å²) >= 11 is 0. The Morgan fingerprint density at radius 3 is 2.67 bits per heavy atom. The fraction of sp³-hybridized carbons (Fsp3) is 0.471. The quantitative estimate of drug-likeness (QED) is 0.842. The van der Waals surface area contributed by atoms with Crippen LogP contribution in [0.1, 0.15) is 25.6 Å². The standard InChI is InChI=1S/C17H24N4O3/c1-13-19-15(24-20-13)17(2,3)12-18-16(22)21(4)10-11-23-14-8-6-5-7-9-14/h5-9H,10-12H2,1-4H3,(H,18,22). The van der Waals surface area contributed by atoms with Crippen LogP contribution in [0.15, 0.2) is 34.9 Å². The molecule has 0 saturated carbocycles. The van der Waals surface area contributed by atoms with Gasteiger partial charge in [-0.1, -0.05) is 23.4 Å². The van der Waals surface area contributed by atoms with Crippen molar-refractivity contribution in [1.29, 1.82) is 0 Å². The third-order valence-electron chi connectivity index (χ3n) is 3.57. The Morgan fingerprint density at radius 1 is 1.33 bits per heavy atom. The molecule has 2 amide bonds. The monoisotopic (exact) mass is 332 g/mol. The van der Waals surface area contributed by atoms with Crippen molar-refractivity contribution in [3.05, 3.63) is 42.0 Å². The van der Waals surface area contributed by atoms with E-state index in [2.05, 4.69) is 15.5 Å². The third kappa shape index (κ3) is 4.97. The number of benzene rings is 1. The maximum absolute atomic E-state index is 12.2. The van der Waals surface area contributed by atoms with Gasteiger partial charge in [-0.3, -0.25) is 0 Å². The van der Waals surface area contributed by atoms with Gasteiger partial charge in [-0.15, -0.1) is 0 Å². The molecule has 0 bridgehead atoms. The molecule has 0 radical (unpaired) electrons. The minimum absolute atomic E-state index is 0.170. The van der Waals surface area contributed by atoms with Gasteiger partial charge in [0, 0.05) is 13.6 Å². The Hall–Kier alpha value is -2.57. The van der Waals surface area contributed by atoms with E-state index >= 15 is 0 Å². The second kappa shape index (κ2) is 7.81. The van der Waals surface area contributed by atoms with Gasteiger partial charge in [0.2, 0.25) is 5.89 Å². The number of rotatable bonds is 7. The summed E-state index contributed by atoms with van der Waals surface area (Å²) in [7, 11) is 1.73. The summed E-state index contributed by atoms with van der Waals surface area (Å²) in [6.07, 6.45) is 0. The molecule has 0 aliphatic rings. The molecule has 0 aliphatic carbocycles. The van der Waals surface area contributed by atoms with Crippen molar-refractivity contribution >= 4 is 6.03 Å². The summed E-state index contributed by atoms with van der Waals surface area (Å²) < 4.78 is 10.8. The number of likely N-dealkylation sites (N-methyl/N-ethyl adjacent to an activating group) is 1. The summed E-state index contributed by atoms with van der Waals surface area (Å²) in [4.78, 5) is 18.0. The van der Waals surface area contributed by atoms with E-state index in [1.165, 1.54) is 0 Å². The molecule has 0 spiro atoms. The highest BCUT2D eigenvalue weighted by Gasteiger charge is 2.28. The number of para-hydroxylation sites is 1. The molecule has 1 aromatic heterocycles. The average Bonchev–Trinajstić information content (AvgIpc) is 3.01. The van der Waals surface area contributed by atoms with Gasteiger partial charge >= 0.3 is 6.03 Å². The van der Waals surface area contributed by atoms with Gasteiger partial charge in [0.05, 0.1) is 12.0 Å². The largest absolute Gasteiger partial charge is 0.492 e. The number of ether oxygens (including phenoxy) is 1. The van der Waals surface area contributed by atoms with Crippen molar-refractivity contribution in [3.63, 3.8) is 0 Å². The fourth-order valence-electron chi connectivity index (χ4n) is 2.00. The van der Waals surface area contributed by atoms with Gasteiger partial charge in [-0.05, 0) is 32.9 Å². The van der Waals surface area contributed by atoms with E-state index in [0.717, 1.165) is 5.75 Å². The maximum atomic E-state index is 12.2. The van der Waals surface area contributed by atoms with Crippen LogP contribution >= 0.6 is 0 Å². The number of nitrogens with one attached hydrogen (secondary N) is 1. The van der Waals surface area contributed by atoms with Gasteiger partial charge in [-0.2, -0.15) is 4.98 Å². The van der Waals surface area contributed by atoms with Crippen LogP contribution in [0.3, 0.4) is 0 Å². The summed E-state index contributed by atoms with van der Waals surface area (Å²) in [5.74, 6) is 1.88. The van der Waals surface area contributed by atoms with E-state index in [4.69, 9.17) is 9.26 Å². The van der Waals surface area contributed by atoms with Gasteiger partial charge < -0.3 is 19.5 Å². The predicted octanol–water partition coefficient (Wildman–Crippen LogP) is 2.38. The van der Waals surface area contributed by atoms with Gasteiger partial charge in [-0.25, -0.2) is 4.79 Å². The highest BCUT2D eigenvalue weighted by atomic mass is 16.5. The molecule has 0 saturated heterocycles. The molecular formula is C17H24N4O3. The molecule has 7 nitrogen and oxygen atoms in total. The summed E-state index contributed by atoms with van der Waals surface area (Å²) in [6.45, 7) is 6.97. The van der Waals surface area contributed by atoms with Crippen LogP contribution in [0.4, 0.5) is 4.79 Å². The Bertz CT molecular complexity index is 655. The summed E-state index contributed by atoms with van der Waals surface area (Å²) in [6, 6.07) is 9.35.